The van der Waals surface area contributed by atoms with E-state index in [1.54, 1.807) is 0 Å². The van der Waals surface area contributed by atoms with Crippen LogP contribution in [-0.2, 0) is 6.61 Å². The maximum Gasteiger partial charge on any atom is 0.145 e. The van der Waals surface area contributed by atoms with Crippen molar-refractivity contribution >= 4 is 10.9 Å². The number of nitrogens with one attached hydrogen (secondary N) is 2. The smallest absolute Gasteiger partial charge is 0.145 e. The van der Waals surface area contributed by atoms with Crippen LogP contribution < -0.4 is 4.74 Å². The van der Waals surface area contributed by atoms with Crippen molar-refractivity contribution in [3.05, 3.63) is 54.5 Å². The van der Waals surface area contributed by atoms with Crippen molar-refractivity contribution in [2.24, 2.45) is 0 Å². The van der Waals surface area contributed by atoms with Crippen LogP contribution in [0.4, 0.5) is 0 Å². The molecule has 1 aromatic carbocycles. The van der Waals surface area contributed by atoms with Gasteiger partial charge >= 0.3 is 0 Å². The quantitative estimate of drug-likeness (QED) is 0.688. The van der Waals surface area contributed by atoms with Gasteiger partial charge in [0.2, 0.25) is 0 Å². The lowest BCUT2D eigenvalue weighted by Gasteiger charge is -2.02. The lowest BCUT2D eigenvalue weighted by atomic mass is 10.2. The number of ether oxygens (including phenoxy) is 1. The van der Waals surface area contributed by atoms with E-state index in [-0.39, 0.29) is 0 Å². The van der Waals surface area contributed by atoms with E-state index in [2.05, 4.69) is 16.0 Å². The summed E-state index contributed by atoms with van der Waals surface area (Å²) >= 11 is 0. The second kappa shape index (κ2) is 3.77. The first kappa shape index (κ1) is 9.09. The van der Waals surface area contributed by atoms with E-state index in [0.717, 1.165) is 22.3 Å². The van der Waals surface area contributed by atoms with Gasteiger partial charge in [0.15, 0.2) is 0 Å². The molecule has 0 radical (unpaired) electrons. The van der Waals surface area contributed by atoms with E-state index in [1.165, 1.54) is 0 Å². The monoisotopic (exact) mass is 212 g/mol. The highest BCUT2D eigenvalue weighted by Crippen LogP contribution is 2.25. The van der Waals surface area contributed by atoms with Crippen LogP contribution in [0, 0.1) is 0 Å². The number of H-pyrrole nitrogens is 2. The molecule has 3 nitrogen and oxygen atoms in total. The topological polar surface area (TPSA) is 40.8 Å². The largest absolute Gasteiger partial charge is 0.485 e. The Hall–Kier alpha value is -2.16. The number of aromatic nitrogens is 2. The molecule has 0 atom stereocenters. The van der Waals surface area contributed by atoms with Crippen LogP contribution >= 0.6 is 0 Å². The van der Waals surface area contributed by atoms with Gasteiger partial charge in [0, 0.05) is 23.3 Å². The average Bonchev–Trinajstić information content (AvgIpc) is 2.96. The van der Waals surface area contributed by atoms with E-state index in [0.29, 0.717) is 6.61 Å². The molecule has 0 saturated heterocycles. The van der Waals surface area contributed by atoms with Crippen LogP contribution in [0.25, 0.3) is 10.9 Å². The zero-order valence-corrected chi connectivity index (χ0v) is 8.73. The number of aromatic amines is 2. The minimum absolute atomic E-state index is 0.564. The van der Waals surface area contributed by atoms with Crippen LogP contribution in [-0.4, -0.2) is 9.97 Å². The van der Waals surface area contributed by atoms with Gasteiger partial charge in [-0.2, -0.15) is 0 Å². The molecule has 16 heavy (non-hydrogen) atoms. The fourth-order valence-corrected chi connectivity index (χ4v) is 1.78. The van der Waals surface area contributed by atoms with Crippen molar-refractivity contribution in [2.75, 3.05) is 0 Å². The van der Waals surface area contributed by atoms with Gasteiger partial charge in [-0.05, 0) is 24.3 Å². The number of rotatable bonds is 3. The van der Waals surface area contributed by atoms with Crippen molar-refractivity contribution in [3.63, 3.8) is 0 Å². The van der Waals surface area contributed by atoms with Crippen LogP contribution in [0.1, 0.15) is 5.69 Å². The fraction of sp³-hybridized carbons (Fsp3) is 0.0769. The summed E-state index contributed by atoms with van der Waals surface area (Å²) in [6.07, 6.45) is 3.79. The zero-order valence-electron chi connectivity index (χ0n) is 8.73. The summed E-state index contributed by atoms with van der Waals surface area (Å²) in [4.78, 5) is 6.30. The SMILES string of the molecule is c1c[nH]c(COc2c[nH]c3ccccc23)c1. The summed E-state index contributed by atoms with van der Waals surface area (Å²) in [5.74, 6) is 0.894. The fourth-order valence-electron chi connectivity index (χ4n) is 1.78. The lowest BCUT2D eigenvalue weighted by Crippen LogP contribution is -1.94. The predicted molar refractivity (Wildman–Crippen MR) is 63.4 cm³/mol. The maximum absolute atomic E-state index is 5.74. The molecule has 80 valence electrons. The minimum atomic E-state index is 0.564. The highest BCUT2D eigenvalue weighted by molar-refractivity contribution is 5.85. The Bertz CT molecular complexity index is 581. The van der Waals surface area contributed by atoms with Gasteiger partial charge in [0.05, 0.1) is 5.69 Å². The molecule has 2 heterocycles. The van der Waals surface area contributed by atoms with Crippen molar-refractivity contribution in [3.8, 4) is 5.75 Å². The Morgan fingerprint density at radius 2 is 1.94 bits per heavy atom. The van der Waals surface area contributed by atoms with Crippen LogP contribution in [0.2, 0.25) is 0 Å². The maximum atomic E-state index is 5.74. The highest BCUT2D eigenvalue weighted by atomic mass is 16.5. The predicted octanol–water partition coefficient (Wildman–Crippen LogP) is 3.08. The molecule has 0 spiro atoms. The molecule has 3 heteroatoms. The van der Waals surface area contributed by atoms with Gasteiger partial charge < -0.3 is 14.7 Å². The average molecular weight is 212 g/mol. The standard InChI is InChI=1S/C13H12N2O/c1-2-6-12-11(5-1)13(8-15-12)16-9-10-4-3-7-14-10/h1-8,14-15H,9H2. The van der Waals surface area contributed by atoms with Crippen molar-refractivity contribution in [1.82, 2.24) is 9.97 Å². The molecule has 3 rings (SSSR count). The molecular formula is C13H12N2O. The molecule has 0 saturated carbocycles. The first-order valence-corrected chi connectivity index (χ1v) is 5.25. The van der Waals surface area contributed by atoms with Gasteiger partial charge in [0.25, 0.3) is 0 Å². The highest BCUT2D eigenvalue weighted by Gasteiger charge is 2.03. The van der Waals surface area contributed by atoms with E-state index < -0.39 is 0 Å². The Labute approximate surface area is 93.1 Å². The molecule has 2 aromatic heterocycles. The Morgan fingerprint density at radius 1 is 1.00 bits per heavy atom. The molecule has 0 bridgehead atoms. The van der Waals surface area contributed by atoms with Gasteiger partial charge in [-0.3, -0.25) is 0 Å². The third-order valence-electron chi connectivity index (χ3n) is 2.60. The molecule has 0 aliphatic heterocycles. The zero-order chi connectivity index (χ0) is 10.8. The molecule has 3 aromatic rings. The first-order chi connectivity index (χ1) is 7.93. The summed E-state index contributed by atoms with van der Waals surface area (Å²) in [6.45, 7) is 0.564. The van der Waals surface area contributed by atoms with Crippen LogP contribution in [0.15, 0.2) is 48.8 Å². The number of benzene rings is 1. The summed E-state index contributed by atoms with van der Waals surface area (Å²) in [7, 11) is 0. The second-order valence-electron chi connectivity index (χ2n) is 3.68. The Morgan fingerprint density at radius 3 is 2.81 bits per heavy atom. The summed E-state index contributed by atoms with van der Waals surface area (Å²) in [5, 5.41) is 1.12. The van der Waals surface area contributed by atoms with Crippen LogP contribution in [0.3, 0.4) is 0 Å². The van der Waals surface area contributed by atoms with Crippen LogP contribution in [0.5, 0.6) is 5.75 Å². The van der Waals surface area contributed by atoms with Crippen molar-refractivity contribution < 1.29 is 4.74 Å². The summed E-state index contributed by atoms with van der Waals surface area (Å²) in [5.41, 5.74) is 2.18. The second-order valence-corrected chi connectivity index (χ2v) is 3.68. The molecule has 0 fully saturated rings. The molecule has 0 aliphatic rings. The van der Waals surface area contributed by atoms with E-state index >= 15 is 0 Å². The molecule has 0 unspecified atom stereocenters. The lowest BCUT2D eigenvalue weighted by molar-refractivity contribution is 0.306. The summed E-state index contributed by atoms with van der Waals surface area (Å²) in [6, 6.07) is 12.1. The minimum Gasteiger partial charge on any atom is -0.485 e. The van der Waals surface area contributed by atoms with Gasteiger partial charge in [-0.15, -0.1) is 0 Å². The Balaban J connectivity index is 1.84. The Kier molecular flexibility index (Phi) is 2.14. The summed E-state index contributed by atoms with van der Waals surface area (Å²) < 4.78 is 5.74. The number of para-hydroxylation sites is 1. The van der Waals surface area contributed by atoms with E-state index in [1.807, 2.05) is 42.7 Å². The number of fused-ring (bicyclic) bond motifs is 1. The van der Waals surface area contributed by atoms with Gasteiger partial charge in [-0.25, -0.2) is 0 Å². The third kappa shape index (κ3) is 1.56. The number of hydrogen-bond acceptors (Lipinski definition) is 1. The number of hydrogen-bond donors (Lipinski definition) is 2. The molecular weight excluding hydrogens is 200 g/mol. The van der Waals surface area contributed by atoms with Gasteiger partial charge in [0.1, 0.15) is 12.4 Å². The third-order valence-corrected chi connectivity index (χ3v) is 2.60. The van der Waals surface area contributed by atoms with Crippen molar-refractivity contribution in [1.29, 1.82) is 0 Å². The molecule has 0 aliphatic carbocycles. The van der Waals surface area contributed by atoms with Gasteiger partial charge in [-0.1, -0.05) is 12.1 Å². The van der Waals surface area contributed by atoms with E-state index in [9.17, 15) is 0 Å². The normalized spacial score (nSPS) is 10.8. The molecule has 0 amide bonds. The first-order valence-electron chi connectivity index (χ1n) is 5.25. The van der Waals surface area contributed by atoms with E-state index in [4.69, 9.17) is 4.74 Å². The van der Waals surface area contributed by atoms with Crippen molar-refractivity contribution in [2.45, 2.75) is 6.61 Å². The molecule has 2 N–H and O–H groups in total.